The quantitative estimate of drug-likeness (QED) is 0.803. The summed E-state index contributed by atoms with van der Waals surface area (Å²) in [5, 5.41) is 5.99. The van der Waals surface area contributed by atoms with E-state index in [2.05, 4.69) is 20.5 Å². The van der Waals surface area contributed by atoms with Crippen LogP contribution in [0.4, 0.5) is 14.6 Å². The molecule has 1 aliphatic heterocycles. The maximum atomic E-state index is 13.6. The number of aromatic nitrogens is 1. The third-order valence-corrected chi connectivity index (χ3v) is 3.38. The van der Waals surface area contributed by atoms with Crippen LogP contribution in [0.3, 0.4) is 0 Å². The Bertz CT molecular complexity index is 453. The number of piperazine rings is 1. The summed E-state index contributed by atoms with van der Waals surface area (Å²) in [6.07, 6.45) is 1.50. The summed E-state index contributed by atoms with van der Waals surface area (Å²) in [5.74, 6) is -1.69. The van der Waals surface area contributed by atoms with E-state index in [1.165, 1.54) is 6.20 Å². The zero-order chi connectivity index (χ0) is 16.0. The smallest absolute Gasteiger partial charge is 0.293 e. The number of halogens is 2. The molecule has 0 aromatic carbocycles. The highest BCUT2D eigenvalue weighted by molar-refractivity contribution is 5.41. The first-order valence-electron chi connectivity index (χ1n) is 7.62. The standard InChI is InChI=1S/C15H24F2N4O.H2/c1-12(2)20-10-15(16,17)11-22-13-3-4-14(19-9-13)21-7-5-18-6-8-21;/h3-4,9,12,18,20H,5-8,10-11H2,1-2H3;1H. The van der Waals surface area contributed by atoms with E-state index in [-0.39, 0.29) is 7.47 Å². The number of pyridine rings is 1. The molecule has 0 unspecified atom stereocenters. The third-order valence-electron chi connectivity index (χ3n) is 3.38. The SMILES string of the molecule is CC(C)NCC(F)(F)COc1ccc(N2CCNCC2)nc1.[HH]. The molecule has 0 spiro atoms. The first-order chi connectivity index (χ1) is 10.5. The molecule has 22 heavy (non-hydrogen) atoms. The average Bonchev–Trinajstić information content (AvgIpc) is 2.53. The van der Waals surface area contributed by atoms with Gasteiger partial charge in [-0.3, -0.25) is 0 Å². The average molecular weight is 316 g/mol. The van der Waals surface area contributed by atoms with Gasteiger partial charge in [-0.25, -0.2) is 13.8 Å². The second-order valence-corrected chi connectivity index (χ2v) is 5.77. The van der Waals surface area contributed by atoms with Gasteiger partial charge in [0.05, 0.1) is 12.7 Å². The van der Waals surface area contributed by atoms with E-state index in [0.717, 1.165) is 32.0 Å². The number of anilines is 1. The molecule has 0 radical (unpaired) electrons. The van der Waals surface area contributed by atoms with E-state index >= 15 is 0 Å². The maximum absolute atomic E-state index is 13.6. The van der Waals surface area contributed by atoms with Gasteiger partial charge in [-0.15, -0.1) is 0 Å². The summed E-state index contributed by atoms with van der Waals surface area (Å²) >= 11 is 0. The number of rotatable bonds is 7. The van der Waals surface area contributed by atoms with Crippen LogP contribution in [0.15, 0.2) is 18.3 Å². The van der Waals surface area contributed by atoms with Crippen LogP contribution in [0.25, 0.3) is 0 Å². The molecule has 0 atom stereocenters. The fourth-order valence-corrected chi connectivity index (χ4v) is 2.13. The summed E-state index contributed by atoms with van der Waals surface area (Å²) in [6, 6.07) is 3.52. The van der Waals surface area contributed by atoms with Crippen molar-refractivity contribution in [3.8, 4) is 5.75 Å². The van der Waals surface area contributed by atoms with E-state index < -0.39 is 19.1 Å². The molecule has 0 amide bonds. The minimum absolute atomic E-state index is 0. The van der Waals surface area contributed by atoms with Crippen molar-refractivity contribution in [1.29, 1.82) is 0 Å². The van der Waals surface area contributed by atoms with Crippen molar-refractivity contribution < 1.29 is 14.9 Å². The molecule has 1 saturated heterocycles. The molecule has 2 rings (SSSR count). The maximum Gasteiger partial charge on any atom is 0.293 e. The second-order valence-electron chi connectivity index (χ2n) is 5.77. The summed E-state index contributed by atoms with van der Waals surface area (Å²) in [7, 11) is 0. The Morgan fingerprint density at radius 2 is 2.14 bits per heavy atom. The van der Waals surface area contributed by atoms with E-state index in [9.17, 15) is 8.78 Å². The van der Waals surface area contributed by atoms with Gasteiger partial charge in [-0.1, -0.05) is 13.8 Å². The Morgan fingerprint density at radius 3 is 2.73 bits per heavy atom. The van der Waals surface area contributed by atoms with Gasteiger partial charge in [0.1, 0.15) is 11.6 Å². The molecular weight excluding hydrogens is 290 g/mol. The number of alkyl halides is 2. The van der Waals surface area contributed by atoms with Gasteiger partial charge in [0.25, 0.3) is 5.92 Å². The topological polar surface area (TPSA) is 49.4 Å². The van der Waals surface area contributed by atoms with Gasteiger partial charge in [0.2, 0.25) is 0 Å². The molecular formula is C15H26F2N4O. The van der Waals surface area contributed by atoms with Crippen LogP contribution in [0.1, 0.15) is 15.3 Å². The number of nitrogens with zero attached hydrogens (tertiary/aromatic N) is 2. The van der Waals surface area contributed by atoms with E-state index in [1.54, 1.807) is 6.07 Å². The van der Waals surface area contributed by atoms with Crippen molar-refractivity contribution in [2.45, 2.75) is 25.8 Å². The molecule has 7 heteroatoms. The predicted molar refractivity (Wildman–Crippen MR) is 85.0 cm³/mol. The van der Waals surface area contributed by atoms with Crippen LogP contribution in [0, 0.1) is 0 Å². The molecule has 2 heterocycles. The lowest BCUT2D eigenvalue weighted by Gasteiger charge is -2.28. The van der Waals surface area contributed by atoms with Gasteiger partial charge >= 0.3 is 0 Å². The van der Waals surface area contributed by atoms with Gasteiger partial charge in [-0.05, 0) is 12.1 Å². The molecule has 126 valence electrons. The Morgan fingerprint density at radius 1 is 1.41 bits per heavy atom. The lowest BCUT2D eigenvalue weighted by molar-refractivity contribution is -0.0402. The van der Waals surface area contributed by atoms with E-state index in [1.807, 2.05) is 19.9 Å². The largest absolute Gasteiger partial charge is 0.486 e. The molecule has 1 aliphatic rings. The fourth-order valence-electron chi connectivity index (χ4n) is 2.13. The normalized spacial score (nSPS) is 16.1. The second kappa shape index (κ2) is 7.69. The first kappa shape index (κ1) is 16.9. The Kier molecular flexibility index (Phi) is 5.90. The predicted octanol–water partition coefficient (Wildman–Crippen LogP) is 1.75. The molecule has 5 nitrogen and oxygen atoms in total. The molecule has 0 saturated carbocycles. The van der Waals surface area contributed by atoms with E-state index in [0.29, 0.717) is 5.75 Å². The molecule has 1 aromatic heterocycles. The van der Waals surface area contributed by atoms with Crippen LogP contribution in [0.2, 0.25) is 0 Å². The third kappa shape index (κ3) is 5.38. The molecule has 0 aliphatic carbocycles. The van der Waals surface area contributed by atoms with Crippen LogP contribution < -0.4 is 20.3 Å². The van der Waals surface area contributed by atoms with Gasteiger partial charge in [-0.2, -0.15) is 0 Å². The van der Waals surface area contributed by atoms with Crippen molar-refractivity contribution >= 4 is 5.82 Å². The van der Waals surface area contributed by atoms with Crippen LogP contribution >= 0.6 is 0 Å². The molecule has 2 N–H and O–H groups in total. The van der Waals surface area contributed by atoms with Gasteiger partial charge < -0.3 is 20.3 Å². The van der Waals surface area contributed by atoms with Crippen molar-refractivity contribution in [2.75, 3.05) is 44.2 Å². The fraction of sp³-hybridized carbons (Fsp3) is 0.667. The number of ether oxygens (including phenoxy) is 1. The Balaban J connectivity index is 0.00000264. The zero-order valence-corrected chi connectivity index (χ0v) is 13.1. The molecule has 0 bridgehead atoms. The molecule has 1 aromatic rings. The number of nitrogens with one attached hydrogen (secondary N) is 2. The van der Waals surface area contributed by atoms with Crippen LogP contribution in [0.5, 0.6) is 5.75 Å². The lowest BCUT2D eigenvalue weighted by Crippen LogP contribution is -2.43. The monoisotopic (exact) mass is 316 g/mol. The first-order valence-corrected chi connectivity index (χ1v) is 7.62. The highest BCUT2D eigenvalue weighted by Crippen LogP contribution is 2.19. The minimum Gasteiger partial charge on any atom is -0.486 e. The van der Waals surface area contributed by atoms with Gasteiger partial charge in [0, 0.05) is 33.6 Å². The highest BCUT2D eigenvalue weighted by atomic mass is 19.3. The van der Waals surface area contributed by atoms with Crippen LogP contribution in [-0.2, 0) is 0 Å². The summed E-state index contributed by atoms with van der Waals surface area (Å²) in [5.41, 5.74) is 0. The van der Waals surface area contributed by atoms with Gasteiger partial charge in [0.15, 0.2) is 6.61 Å². The summed E-state index contributed by atoms with van der Waals surface area (Å²) < 4.78 is 32.4. The van der Waals surface area contributed by atoms with Crippen molar-refractivity contribution in [3.63, 3.8) is 0 Å². The summed E-state index contributed by atoms with van der Waals surface area (Å²) in [4.78, 5) is 6.44. The van der Waals surface area contributed by atoms with E-state index in [4.69, 9.17) is 4.74 Å². The zero-order valence-electron chi connectivity index (χ0n) is 13.1. The summed E-state index contributed by atoms with van der Waals surface area (Å²) in [6.45, 7) is 6.26. The Hall–Kier alpha value is -1.47. The molecule has 1 fully saturated rings. The number of hydrogen-bond acceptors (Lipinski definition) is 5. The lowest BCUT2D eigenvalue weighted by atomic mass is 10.3. The highest BCUT2D eigenvalue weighted by Gasteiger charge is 2.30. The minimum atomic E-state index is -2.90. The van der Waals surface area contributed by atoms with Crippen molar-refractivity contribution in [1.82, 2.24) is 15.6 Å². The Labute approximate surface area is 131 Å². The van der Waals surface area contributed by atoms with Crippen molar-refractivity contribution in [2.24, 2.45) is 0 Å². The number of hydrogen-bond donors (Lipinski definition) is 2. The van der Waals surface area contributed by atoms with Crippen molar-refractivity contribution in [3.05, 3.63) is 18.3 Å². The van der Waals surface area contributed by atoms with Crippen LogP contribution in [-0.4, -0.2) is 56.3 Å².